The molecule has 1 amide bonds. The third-order valence-corrected chi connectivity index (χ3v) is 4.37. The van der Waals surface area contributed by atoms with Gasteiger partial charge in [-0.25, -0.2) is 4.79 Å². The Labute approximate surface area is 138 Å². The molecule has 1 heterocycles. The highest BCUT2D eigenvalue weighted by Crippen LogP contribution is 2.21. The number of ether oxygens (including phenoxy) is 1. The van der Waals surface area contributed by atoms with Gasteiger partial charge in [-0.1, -0.05) is 30.3 Å². The van der Waals surface area contributed by atoms with Gasteiger partial charge in [-0.15, -0.1) is 0 Å². The van der Waals surface area contributed by atoms with E-state index in [0.717, 1.165) is 31.5 Å². The monoisotopic (exact) mass is 320 g/mol. The van der Waals surface area contributed by atoms with E-state index in [2.05, 4.69) is 24.1 Å². The van der Waals surface area contributed by atoms with Gasteiger partial charge in [0.1, 0.15) is 6.61 Å². The molecule has 5 heteroatoms. The normalized spacial score (nSPS) is 22.1. The summed E-state index contributed by atoms with van der Waals surface area (Å²) in [6.07, 6.45) is 1.30. The summed E-state index contributed by atoms with van der Waals surface area (Å²) < 4.78 is 5.30. The third-order valence-electron chi connectivity index (χ3n) is 4.37. The molecule has 23 heavy (non-hydrogen) atoms. The first-order valence-corrected chi connectivity index (χ1v) is 8.40. The van der Waals surface area contributed by atoms with Crippen LogP contribution in [0, 0.1) is 5.92 Å². The lowest BCUT2D eigenvalue weighted by molar-refractivity contribution is 0.0861. The molecule has 1 saturated heterocycles. The maximum absolute atomic E-state index is 12.0. The van der Waals surface area contributed by atoms with Crippen LogP contribution in [-0.4, -0.2) is 47.9 Å². The van der Waals surface area contributed by atoms with Gasteiger partial charge in [0.05, 0.1) is 0 Å². The van der Waals surface area contributed by atoms with E-state index in [0.29, 0.717) is 12.0 Å². The van der Waals surface area contributed by atoms with E-state index in [1.54, 1.807) is 0 Å². The smallest absolute Gasteiger partial charge is 0.407 e. The zero-order valence-corrected chi connectivity index (χ0v) is 14.1. The van der Waals surface area contributed by atoms with E-state index in [1.807, 2.05) is 30.3 Å². The number of rotatable bonds is 6. The second-order valence-corrected chi connectivity index (χ2v) is 6.56. The van der Waals surface area contributed by atoms with Crippen molar-refractivity contribution in [3.8, 4) is 0 Å². The second kappa shape index (κ2) is 8.89. The highest BCUT2D eigenvalue weighted by molar-refractivity contribution is 5.67. The molecule has 1 aliphatic heterocycles. The standard InChI is InChI=1S/C18H28N2O3/c1-14(2)20-11-16(8-9-21)10-17(12-20)19-18(22)23-13-15-6-4-3-5-7-15/h3-7,14,16-17,21H,8-13H2,1-2H3,(H,19,22). The van der Waals surface area contributed by atoms with Gasteiger partial charge in [-0.3, -0.25) is 4.90 Å². The molecule has 128 valence electrons. The van der Waals surface area contributed by atoms with Gasteiger partial charge >= 0.3 is 6.09 Å². The Morgan fingerprint density at radius 3 is 2.74 bits per heavy atom. The van der Waals surface area contributed by atoms with Gasteiger partial charge in [-0.2, -0.15) is 0 Å². The topological polar surface area (TPSA) is 61.8 Å². The molecule has 1 aromatic carbocycles. The SMILES string of the molecule is CC(C)N1CC(CCO)CC(NC(=O)OCc2ccccc2)C1. The van der Waals surface area contributed by atoms with Crippen molar-refractivity contribution in [1.82, 2.24) is 10.2 Å². The summed E-state index contributed by atoms with van der Waals surface area (Å²) in [5.41, 5.74) is 0.980. The maximum atomic E-state index is 12.0. The molecule has 0 aliphatic carbocycles. The Morgan fingerprint density at radius 1 is 1.35 bits per heavy atom. The van der Waals surface area contributed by atoms with Crippen molar-refractivity contribution in [2.75, 3.05) is 19.7 Å². The lowest BCUT2D eigenvalue weighted by atomic mass is 9.91. The van der Waals surface area contributed by atoms with Crippen molar-refractivity contribution < 1.29 is 14.6 Å². The minimum absolute atomic E-state index is 0.0750. The molecule has 1 aliphatic rings. The molecule has 2 N–H and O–H groups in total. The first kappa shape index (κ1) is 17.8. The molecule has 1 fully saturated rings. The fourth-order valence-corrected chi connectivity index (χ4v) is 3.09. The Kier molecular flexibility index (Phi) is 6.86. The minimum atomic E-state index is -0.368. The number of amides is 1. The summed E-state index contributed by atoms with van der Waals surface area (Å²) in [6.45, 7) is 6.61. The molecule has 2 atom stereocenters. The second-order valence-electron chi connectivity index (χ2n) is 6.56. The molecule has 0 radical (unpaired) electrons. The fraction of sp³-hybridized carbons (Fsp3) is 0.611. The van der Waals surface area contributed by atoms with Gasteiger partial charge in [0, 0.05) is 31.8 Å². The predicted octanol–water partition coefficient (Wildman–Crippen LogP) is 2.39. The zero-order chi connectivity index (χ0) is 16.7. The van der Waals surface area contributed by atoms with Crippen LogP contribution in [0.25, 0.3) is 0 Å². The van der Waals surface area contributed by atoms with Gasteiger partial charge in [0.2, 0.25) is 0 Å². The van der Waals surface area contributed by atoms with E-state index in [4.69, 9.17) is 4.74 Å². The van der Waals surface area contributed by atoms with Crippen molar-refractivity contribution in [3.05, 3.63) is 35.9 Å². The number of piperidine rings is 1. The average molecular weight is 320 g/mol. The van der Waals surface area contributed by atoms with Crippen LogP contribution >= 0.6 is 0 Å². The van der Waals surface area contributed by atoms with Crippen molar-refractivity contribution in [3.63, 3.8) is 0 Å². The molecular weight excluding hydrogens is 292 g/mol. The average Bonchev–Trinajstić information content (AvgIpc) is 2.54. The molecule has 0 spiro atoms. The molecule has 2 unspecified atom stereocenters. The quantitative estimate of drug-likeness (QED) is 0.845. The molecule has 0 saturated carbocycles. The summed E-state index contributed by atoms with van der Waals surface area (Å²) >= 11 is 0. The number of aliphatic hydroxyl groups excluding tert-OH is 1. The molecular formula is C18H28N2O3. The van der Waals surface area contributed by atoms with Crippen LogP contribution in [0.5, 0.6) is 0 Å². The summed E-state index contributed by atoms with van der Waals surface area (Å²) in [4.78, 5) is 14.4. The number of aliphatic hydroxyl groups is 1. The van der Waals surface area contributed by atoms with Gasteiger partial charge in [-0.05, 0) is 38.2 Å². The molecule has 0 bridgehead atoms. The lowest BCUT2D eigenvalue weighted by Gasteiger charge is -2.40. The Morgan fingerprint density at radius 2 is 2.09 bits per heavy atom. The van der Waals surface area contributed by atoms with E-state index in [-0.39, 0.29) is 25.3 Å². The minimum Gasteiger partial charge on any atom is -0.445 e. The first-order chi connectivity index (χ1) is 11.1. The molecule has 2 rings (SSSR count). The van der Waals surface area contributed by atoms with E-state index >= 15 is 0 Å². The molecule has 5 nitrogen and oxygen atoms in total. The zero-order valence-electron chi connectivity index (χ0n) is 14.1. The van der Waals surface area contributed by atoms with Crippen LogP contribution in [0.4, 0.5) is 4.79 Å². The number of hydrogen-bond acceptors (Lipinski definition) is 4. The number of carbonyl (C=O) groups is 1. The highest BCUT2D eigenvalue weighted by Gasteiger charge is 2.29. The summed E-state index contributed by atoms with van der Waals surface area (Å²) in [5.74, 6) is 0.413. The maximum Gasteiger partial charge on any atom is 0.407 e. The Balaban J connectivity index is 1.83. The lowest BCUT2D eigenvalue weighted by Crippen LogP contribution is -2.52. The van der Waals surface area contributed by atoms with Crippen LogP contribution in [-0.2, 0) is 11.3 Å². The number of nitrogens with zero attached hydrogens (tertiary/aromatic N) is 1. The van der Waals surface area contributed by atoms with Crippen LogP contribution < -0.4 is 5.32 Å². The first-order valence-electron chi connectivity index (χ1n) is 8.40. The number of nitrogens with one attached hydrogen (secondary N) is 1. The van der Waals surface area contributed by atoms with Gasteiger partial charge in [0.25, 0.3) is 0 Å². The van der Waals surface area contributed by atoms with Crippen molar-refractivity contribution in [2.24, 2.45) is 5.92 Å². The van der Waals surface area contributed by atoms with E-state index in [9.17, 15) is 9.90 Å². The largest absolute Gasteiger partial charge is 0.445 e. The number of hydrogen-bond donors (Lipinski definition) is 2. The van der Waals surface area contributed by atoms with Crippen LogP contribution in [0.15, 0.2) is 30.3 Å². The van der Waals surface area contributed by atoms with Crippen LogP contribution in [0.2, 0.25) is 0 Å². The Hall–Kier alpha value is -1.59. The third kappa shape index (κ3) is 5.84. The van der Waals surface area contributed by atoms with E-state index in [1.165, 1.54) is 0 Å². The summed E-state index contributed by atoms with van der Waals surface area (Å²) in [5, 5.41) is 12.2. The van der Waals surface area contributed by atoms with Crippen molar-refractivity contribution in [2.45, 2.75) is 45.4 Å². The van der Waals surface area contributed by atoms with Gasteiger partial charge in [0.15, 0.2) is 0 Å². The molecule has 0 aromatic heterocycles. The number of carbonyl (C=O) groups excluding carboxylic acids is 1. The molecule has 1 aromatic rings. The van der Waals surface area contributed by atoms with Crippen LogP contribution in [0.3, 0.4) is 0 Å². The van der Waals surface area contributed by atoms with Crippen LogP contribution in [0.1, 0.15) is 32.3 Å². The fourth-order valence-electron chi connectivity index (χ4n) is 3.09. The summed E-state index contributed by atoms with van der Waals surface area (Å²) in [6, 6.07) is 10.2. The van der Waals surface area contributed by atoms with Crippen molar-refractivity contribution >= 4 is 6.09 Å². The number of likely N-dealkylation sites (tertiary alicyclic amines) is 1. The number of alkyl carbamates (subject to hydrolysis) is 1. The number of benzene rings is 1. The predicted molar refractivity (Wildman–Crippen MR) is 90.1 cm³/mol. The van der Waals surface area contributed by atoms with E-state index < -0.39 is 0 Å². The summed E-state index contributed by atoms with van der Waals surface area (Å²) in [7, 11) is 0. The Bertz CT molecular complexity index is 478. The highest BCUT2D eigenvalue weighted by atomic mass is 16.5. The van der Waals surface area contributed by atoms with Crippen molar-refractivity contribution in [1.29, 1.82) is 0 Å². The van der Waals surface area contributed by atoms with Gasteiger partial charge < -0.3 is 15.2 Å².